The van der Waals surface area contributed by atoms with E-state index in [1.54, 1.807) is 26.0 Å². The van der Waals surface area contributed by atoms with Crippen molar-refractivity contribution in [1.29, 1.82) is 0 Å². The van der Waals surface area contributed by atoms with E-state index < -0.39 is 23.2 Å². The molecule has 1 saturated carbocycles. The largest absolute Gasteiger partial charge is 0.416 e. The number of hydrogen-bond acceptors (Lipinski definition) is 3. The van der Waals surface area contributed by atoms with E-state index >= 15 is 0 Å². The maximum absolute atomic E-state index is 12.8. The standard InChI is InChI=1S/C24H26F3N3O2.C2H6/c1-23(2,32)19-13-20-16(14-30(29-20)18-6-4-3-5-7-18)12-21(19)28-22(31)15-8-10-17(11-9-15)24(25,26)27;1-2/h8-14,18,32H,3-7H2,1-2H3,(H,28,31);1-2H3. The zero-order valence-electron chi connectivity index (χ0n) is 20.0. The molecule has 5 nitrogen and oxygen atoms in total. The van der Waals surface area contributed by atoms with Gasteiger partial charge in [0.25, 0.3) is 5.91 Å². The number of carbonyl (C=O) groups is 1. The first kappa shape index (κ1) is 25.7. The fraction of sp³-hybridized carbons (Fsp3) is 0.462. The normalized spacial score (nSPS) is 15.1. The molecule has 1 heterocycles. The molecule has 0 atom stereocenters. The van der Waals surface area contributed by atoms with Crippen LogP contribution in [0.2, 0.25) is 0 Å². The summed E-state index contributed by atoms with van der Waals surface area (Å²) in [5.41, 5.74) is -0.371. The van der Waals surface area contributed by atoms with E-state index in [1.165, 1.54) is 19.3 Å². The molecule has 8 heteroatoms. The van der Waals surface area contributed by atoms with Crippen LogP contribution in [0.4, 0.5) is 18.9 Å². The molecule has 0 bridgehead atoms. The molecule has 34 heavy (non-hydrogen) atoms. The van der Waals surface area contributed by atoms with Crippen LogP contribution in [0.5, 0.6) is 0 Å². The third-order valence-electron chi connectivity index (χ3n) is 5.99. The molecule has 0 radical (unpaired) electrons. The summed E-state index contributed by atoms with van der Waals surface area (Å²) in [4.78, 5) is 12.7. The molecular weight excluding hydrogens is 443 g/mol. The second-order valence-corrected chi connectivity index (χ2v) is 8.95. The zero-order chi connectivity index (χ0) is 25.1. The topological polar surface area (TPSA) is 67.2 Å². The highest BCUT2D eigenvalue weighted by atomic mass is 19.4. The van der Waals surface area contributed by atoms with Crippen LogP contribution < -0.4 is 5.32 Å². The number of halogens is 3. The number of aliphatic hydroxyl groups is 1. The second-order valence-electron chi connectivity index (χ2n) is 8.95. The minimum absolute atomic E-state index is 0.0951. The number of nitrogens with zero attached hydrogens (tertiary/aromatic N) is 2. The molecule has 184 valence electrons. The van der Waals surface area contributed by atoms with Crippen molar-refractivity contribution >= 4 is 22.5 Å². The zero-order valence-corrected chi connectivity index (χ0v) is 20.0. The number of benzene rings is 2. The van der Waals surface area contributed by atoms with Crippen LogP contribution in [0, 0.1) is 0 Å². The van der Waals surface area contributed by atoms with E-state index in [9.17, 15) is 23.1 Å². The van der Waals surface area contributed by atoms with Crippen molar-refractivity contribution in [3.8, 4) is 0 Å². The predicted octanol–water partition coefficient (Wildman–Crippen LogP) is 7.07. The summed E-state index contributed by atoms with van der Waals surface area (Å²) in [5, 5.41) is 19.0. The molecule has 0 saturated heterocycles. The van der Waals surface area contributed by atoms with E-state index in [1.807, 2.05) is 24.7 Å². The lowest BCUT2D eigenvalue weighted by molar-refractivity contribution is -0.137. The highest BCUT2D eigenvalue weighted by Crippen LogP contribution is 2.35. The molecule has 0 unspecified atom stereocenters. The summed E-state index contributed by atoms with van der Waals surface area (Å²) >= 11 is 0. The Morgan fingerprint density at radius 2 is 1.68 bits per heavy atom. The number of amides is 1. The Morgan fingerprint density at radius 1 is 1.06 bits per heavy atom. The predicted molar refractivity (Wildman–Crippen MR) is 128 cm³/mol. The molecule has 0 spiro atoms. The molecule has 1 aliphatic carbocycles. The van der Waals surface area contributed by atoms with Gasteiger partial charge in [0, 0.05) is 28.4 Å². The summed E-state index contributed by atoms with van der Waals surface area (Å²) < 4.78 is 40.4. The van der Waals surface area contributed by atoms with Gasteiger partial charge in [-0.15, -0.1) is 0 Å². The van der Waals surface area contributed by atoms with Crippen LogP contribution >= 0.6 is 0 Å². The van der Waals surface area contributed by atoms with Crippen LogP contribution in [0.25, 0.3) is 10.9 Å². The highest BCUT2D eigenvalue weighted by Gasteiger charge is 2.30. The summed E-state index contributed by atoms with van der Waals surface area (Å²) in [6.45, 7) is 7.22. The van der Waals surface area contributed by atoms with Crippen LogP contribution in [0.15, 0.2) is 42.6 Å². The Labute approximate surface area is 198 Å². The molecular formula is C26H32F3N3O2. The minimum Gasteiger partial charge on any atom is -0.386 e. The van der Waals surface area contributed by atoms with E-state index in [4.69, 9.17) is 5.10 Å². The number of alkyl halides is 3. The fourth-order valence-electron chi connectivity index (χ4n) is 4.24. The summed E-state index contributed by atoms with van der Waals surface area (Å²) in [6.07, 6.45) is 3.21. The monoisotopic (exact) mass is 475 g/mol. The lowest BCUT2D eigenvalue weighted by Gasteiger charge is -2.22. The van der Waals surface area contributed by atoms with Gasteiger partial charge in [0.15, 0.2) is 0 Å². The van der Waals surface area contributed by atoms with E-state index in [2.05, 4.69) is 5.32 Å². The first-order chi connectivity index (χ1) is 16.0. The first-order valence-corrected chi connectivity index (χ1v) is 11.8. The van der Waals surface area contributed by atoms with Crippen molar-refractivity contribution in [2.24, 2.45) is 0 Å². The lowest BCUT2D eigenvalue weighted by atomic mass is 9.95. The molecule has 2 N–H and O–H groups in total. The molecule has 1 fully saturated rings. The average molecular weight is 476 g/mol. The van der Waals surface area contributed by atoms with E-state index in [0.717, 1.165) is 48.0 Å². The number of hydrogen-bond donors (Lipinski definition) is 2. The summed E-state index contributed by atoms with van der Waals surface area (Å²) in [6, 6.07) is 7.90. The Balaban J connectivity index is 0.00000158. The van der Waals surface area contributed by atoms with Crippen LogP contribution in [-0.2, 0) is 11.8 Å². The van der Waals surface area contributed by atoms with Crippen LogP contribution in [-0.4, -0.2) is 20.8 Å². The maximum atomic E-state index is 12.8. The Hall–Kier alpha value is -2.87. The maximum Gasteiger partial charge on any atom is 0.416 e. The van der Waals surface area contributed by atoms with E-state index in [-0.39, 0.29) is 5.56 Å². The number of carbonyl (C=O) groups excluding carboxylic acids is 1. The van der Waals surface area contributed by atoms with Crippen molar-refractivity contribution < 1.29 is 23.1 Å². The molecule has 3 aromatic rings. The van der Waals surface area contributed by atoms with Crippen molar-refractivity contribution in [3.63, 3.8) is 0 Å². The Bertz CT molecular complexity index is 1120. The van der Waals surface area contributed by atoms with Gasteiger partial charge in [-0.1, -0.05) is 33.1 Å². The Morgan fingerprint density at radius 3 is 2.24 bits per heavy atom. The number of fused-ring (bicyclic) bond motifs is 1. The number of anilines is 1. The number of aromatic nitrogens is 2. The number of rotatable bonds is 4. The smallest absolute Gasteiger partial charge is 0.386 e. The van der Waals surface area contributed by atoms with Crippen molar-refractivity contribution in [2.75, 3.05) is 5.32 Å². The van der Waals surface area contributed by atoms with Gasteiger partial charge in [0.1, 0.15) is 0 Å². The second kappa shape index (κ2) is 10.2. The van der Waals surface area contributed by atoms with Gasteiger partial charge in [0.2, 0.25) is 0 Å². The molecule has 4 rings (SSSR count). The first-order valence-electron chi connectivity index (χ1n) is 11.8. The van der Waals surface area contributed by atoms with Crippen LogP contribution in [0.3, 0.4) is 0 Å². The SMILES string of the molecule is CC.CC(C)(O)c1cc2nn(C3CCCCC3)cc2cc1NC(=O)c1ccc(C(F)(F)F)cc1. The van der Waals surface area contributed by atoms with Gasteiger partial charge in [0.05, 0.1) is 22.7 Å². The van der Waals surface area contributed by atoms with Crippen LogP contribution in [0.1, 0.15) is 87.3 Å². The Kier molecular flexibility index (Phi) is 7.70. The van der Waals surface area contributed by atoms with Crippen molar-refractivity contribution in [2.45, 2.75) is 77.6 Å². The minimum atomic E-state index is -4.47. The molecule has 1 aromatic heterocycles. The quantitative estimate of drug-likeness (QED) is 0.424. The molecule has 0 aliphatic heterocycles. The third kappa shape index (κ3) is 5.78. The summed E-state index contributed by atoms with van der Waals surface area (Å²) in [7, 11) is 0. The van der Waals surface area contributed by atoms with Gasteiger partial charge in [-0.3, -0.25) is 9.48 Å². The van der Waals surface area contributed by atoms with E-state index in [0.29, 0.717) is 17.3 Å². The van der Waals surface area contributed by atoms with Crippen molar-refractivity contribution in [3.05, 3.63) is 59.3 Å². The molecule has 1 aliphatic rings. The lowest BCUT2D eigenvalue weighted by Crippen LogP contribution is -2.21. The van der Waals surface area contributed by atoms with Gasteiger partial charge in [-0.05, 0) is 63.1 Å². The number of nitrogens with one attached hydrogen (secondary N) is 1. The van der Waals surface area contributed by atoms with Gasteiger partial charge >= 0.3 is 6.18 Å². The summed E-state index contributed by atoms with van der Waals surface area (Å²) in [5.74, 6) is -0.553. The molecule has 2 aromatic carbocycles. The van der Waals surface area contributed by atoms with Gasteiger partial charge in [-0.25, -0.2) is 0 Å². The van der Waals surface area contributed by atoms with Crippen molar-refractivity contribution in [1.82, 2.24) is 9.78 Å². The average Bonchev–Trinajstić information content (AvgIpc) is 3.22. The fourth-order valence-corrected chi connectivity index (χ4v) is 4.24. The van der Waals surface area contributed by atoms with Gasteiger partial charge < -0.3 is 10.4 Å². The molecule has 1 amide bonds. The van der Waals surface area contributed by atoms with Gasteiger partial charge in [-0.2, -0.15) is 18.3 Å². The highest BCUT2D eigenvalue weighted by molar-refractivity contribution is 6.05. The third-order valence-corrected chi connectivity index (χ3v) is 5.99.